The average molecular weight is 507 g/mol. The van der Waals surface area contributed by atoms with Crippen LogP contribution in [0, 0.1) is 23.1 Å². The SMILES string of the molecule is CCOC(=O)c1c(CF)ncc(C#N)c1N1CCC(C(=O)NS(=O)(=O)Cc2cccc(F)c2)CC1. The molecule has 9 nitrogen and oxygen atoms in total. The number of nitrogens with one attached hydrogen (secondary N) is 1. The van der Waals surface area contributed by atoms with Crippen LogP contribution in [0.1, 0.15) is 46.9 Å². The van der Waals surface area contributed by atoms with E-state index in [4.69, 9.17) is 4.74 Å². The summed E-state index contributed by atoms with van der Waals surface area (Å²) in [5, 5.41) is 9.54. The van der Waals surface area contributed by atoms with E-state index >= 15 is 0 Å². The molecule has 0 bridgehead atoms. The molecule has 2 aromatic rings. The lowest BCUT2D eigenvalue weighted by molar-refractivity contribution is -0.123. The third-order valence-electron chi connectivity index (χ3n) is 5.54. The molecule has 0 aliphatic carbocycles. The number of piperidine rings is 1. The number of amides is 1. The predicted octanol–water partition coefficient (Wildman–Crippen LogP) is 2.60. The fourth-order valence-corrected chi connectivity index (χ4v) is 5.12. The van der Waals surface area contributed by atoms with Crippen LogP contribution in [0.5, 0.6) is 0 Å². The van der Waals surface area contributed by atoms with E-state index in [2.05, 4.69) is 4.98 Å². The third-order valence-corrected chi connectivity index (χ3v) is 6.77. The highest BCUT2D eigenvalue weighted by molar-refractivity contribution is 7.89. The van der Waals surface area contributed by atoms with E-state index in [1.807, 2.05) is 10.8 Å². The van der Waals surface area contributed by atoms with E-state index in [0.717, 1.165) is 6.07 Å². The van der Waals surface area contributed by atoms with Gasteiger partial charge in [0.05, 0.1) is 29.3 Å². The quantitative estimate of drug-likeness (QED) is 0.541. The molecule has 1 aliphatic heterocycles. The Hall–Kier alpha value is -3.59. The third kappa shape index (κ3) is 6.30. The molecule has 0 unspecified atom stereocenters. The van der Waals surface area contributed by atoms with Crippen molar-refractivity contribution in [3.63, 3.8) is 0 Å². The van der Waals surface area contributed by atoms with Gasteiger partial charge in [-0.05, 0) is 37.5 Å². The number of alkyl halides is 1. The molecular formula is C23H24F2N4O5S. The smallest absolute Gasteiger partial charge is 0.342 e. The number of anilines is 1. The van der Waals surface area contributed by atoms with E-state index in [1.165, 1.54) is 24.4 Å². The van der Waals surface area contributed by atoms with Gasteiger partial charge in [-0.2, -0.15) is 5.26 Å². The molecule has 0 radical (unpaired) electrons. The second-order valence-electron chi connectivity index (χ2n) is 7.92. The number of halogens is 2. The van der Waals surface area contributed by atoms with Crippen LogP contribution in [-0.2, 0) is 32.0 Å². The van der Waals surface area contributed by atoms with Crippen molar-refractivity contribution >= 4 is 27.6 Å². The first-order chi connectivity index (χ1) is 16.7. The van der Waals surface area contributed by atoms with Crippen molar-refractivity contribution in [2.24, 2.45) is 5.92 Å². The summed E-state index contributed by atoms with van der Waals surface area (Å²) in [6, 6.07) is 7.05. The number of benzene rings is 1. The van der Waals surface area contributed by atoms with Gasteiger partial charge in [0.15, 0.2) is 0 Å². The number of esters is 1. The van der Waals surface area contributed by atoms with E-state index in [9.17, 15) is 32.0 Å². The average Bonchev–Trinajstić information content (AvgIpc) is 2.82. The molecule has 1 aromatic heterocycles. The molecule has 3 rings (SSSR count). The zero-order valence-electron chi connectivity index (χ0n) is 19.0. The van der Waals surface area contributed by atoms with Gasteiger partial charge in [-0.3, -0.25) is 14.5 Å². The summed E-state index contributed by atoms with van der Waals surface area (Å²) in [6.07, 6.45) is 1.63. The number of hydrogen-bond donors (Lipinski definition) is 1. The summed E-state index contributed by atoms with van der Waals surface area (Å²) in [7, 11) is -4.04. The first-order valence-electron chi connectivity index (χ1n) is 10.9. The summed E-state index contributed by atoms with van der Waals surface area (Å²) in [4.78, 5) is 30.7. The molecule has 12 heteroatoms. The van der Waals surface area contributed by atoms with Crippen LogP contribution in [-0.4, -0.2) is 45.0 Å². The number of nitrogens with zero attached hydrogens (tertiary/aromatic N) is 3. The van der Waals surface area contributed by atoms with Gasteiger partial charge in [0.2, 0.25) is 15.9 Å². The second-order valence-corrected chi connectivity index (χ2v) is 9.65. The van der Waals surface area contributed by atoms with Crippen LogP contribution in [0.25, 0.3) is 0 Å². The van der Waals surface area contributed by atoms with E-state index < -0.39 is 46.1 Å². The lowest BCUT2D eigenvalue weighted by Gasteiger charge is -2.34. The Balaban J connectivity index is 1.73. The molecular weight excluding hydrogens is 482 g/mol. The minimum Gasteiger partial charge on any atom is -0.462 e. The highest BCUT2D eigenvalue weighted by Crippen LogP contribution is 2.32. The number of aromatic nitrogens is 1. The largest absolute Gasteiger partial charge is 0.462 e. The molecule has 0 atom stereocenters. The van der Waals surface area contributed by atoms with Crippen molar-refractivity contribution in [2.45, 2.75) is 32.2 Å². The molecule has 1 fully saturated rings. The number of sulfonamides is 1. The van der Waals surface area contributed by atoms with Crippen molar-refractivity contribution in [1.29, 1.82) is 5.26 Å². The van der Waals surface area contributed by atoms with Gasteiger partial charge in [0.1, 0.15) is 24.1 Å². The number of carbonyl (C=O) groups is 2. The summed E-state index contributed by atoms with van der Waals surface area (Å²) in [6.45, 7) is 1.03. The Kier molecular flexibility index (Phi) is 8.34. The van der Waals surface area contributed by atoms with E-state index in [0.29, 0.717) is 0 Å². The highest BCUT2D eigenvalue weighted by Gasteiger charge is 2.32. The van der Waals surface area contributed by atoms with Crippen molar-refractivity contribution in [1.82, 2.24) is 9.71 Å². The van der Waals surface area contributed by atoms with Gasteiger partial charge < -0.3 is 9.64 Å². The lowest BCUT2D eigenvalue weighted by atomic mass is 9.94. The van der Waals surface area contributed by atoms with Crippen molar-refractivity contribution < 1.29 is 31.5 Å². The van der Waals surface area contributed by atoms with E-state index in [1.54, 1.807) is 11.8 Å². The van der Waals surface area contributed by atoms with Crippen LogP contribution in [0.2, 0.25) is 0 Å². The molecule has 0 spiro atoms. The highest BCUT2D eigenvalue weighted by atomic mass is 32.2. The first-order valence-corrected chi connectivity index (χ1v) is 12.5. The lowest BCUT2D eigenvalue weighted by Crippen LogP contribution is -2.43. The van der Waals surface area contributed by atoms with Gasteiger partial charge in [0, 0.05) is 25.2 Å². The van der Waals surface area contributed by atoms with Gasteiger partial charge in [-0.25, -0.2) is 22.0 Å². The molecule has 1 aliphatic rings. The Morgan fingerprint density at radius 2 is 2.03 bits per heavy atom. The molecule has 2 heterocycles. The Bertz CT molecular complexity index is 1260. The van der Waals surface area contributed by atoms with Crippen LogP contribution in [0.4, 0.5) is 14.5 Å². The van der Waals surface area contributed by atoms with Crippen molar-refractivity contribution in [2.75, 3.05) is 24.6 Å². The number of ether oxygens (including phenoxy) is 1. The molecule has 35 heavy (non-hydrogen) atoms. The minimum absolute atomic E-state index is 0.0487. The maximum atomic E-state index is 13.6. The monoisotopic (exact) mass is 506 g/mol. The molecule has 1 saturated heterocycles. The second kappa shape index (κ2) is 11.2. The van der Waals surface area contributed by atoms with Crippen molar-refractivity contribution in [3.05, 3.63) is 58.7 Å². The fraction of sp³-hybridized carbons (Fsp3) is 0.391. The number of pyridine rings is 1. The van der Waals surface area contributed by atoms with Gasteiger partial charge >= 0.3 is 5.97 Å². The summed E-state index contributed by atoms with van der Waals surface area (Å²) >= 11 is 0. The summed E-state index contributed by atoms with van der Waals surface area (Å²) < 4.78 is 58.8. The standard InChI is InChI=1S/C23H24F2N4O5S/c1-2-34-23(31)20-19(11-24)27-13-17(12-26)21(20)29-8-6-16(7-9-29)22(30)28-35(32,33)14-15-4-3-5-18(25)10-15/h3-5,10,13,16H,2,6-9,11,14H2,1H3,(H,28,30). The zero-order valence-corrected chi connectivity index (χ0v) is 19.8. The number of nitriles is 1. The Morgan fingerprint density at radius 1 is 1.31 bits per heavy atom. The van der Waals surface area contributed by atoms with Crippen LogP contribution < -0.4 is 9.62 Å². The minimum atomic E-state index is -4.04. The summed E-state index contributed by atoms with van der Waals surface area (Å²) in [5.41, 5.74) is 0.170. The van der Waals surface area contributed by atoms with Crippen LogP contribution >= 0.6 is 0 Å². The van der Waals surface area contributed by atoms with Gasteiger partial charge in [-0.1, -0.05) is 12.1 Å². The molecule has 186 valence electrons. The molecule has 1 N–H and O–H groups in total. The molecule has 1 amide bonds. The fourth-order valence-electron chi connectivity index (χ4n) is 3.95. The van der Waals surface area contributed by atoms with Crippen molar-refractivity contribution in [3.8, 4) is 6.07 Å². The van der Waals surface area contributed by atoms with Gasteiger partial charge in [0.25, 0.3) is 0 Å². The molecule has 0 saturated carbocycles. The maximum Gasteiger partial charge on any atom is 0.342 e. The zero-order chi connectivity index (χ0) is 25.6. The van der Waals surface area contributed by atoms with Crippen LogP contribution in [0.15, 0.2) is 30.5 Å². The topological polar surface area (TPSA) is 129 Å². The number of rotatable bonds is 8. The number of carbonyl (C=O) groups excluding carboxylic acids is 2. The Labute approximate surface area is 201 Å². The van der Waals surface area contributed by atoms with E-state index in [-0.39, 0.29) is 60.6 Å². The Morgan fingerprint density at radius 3 is 2.63 bits per heavy atom. The molecule has 1 aromatic carbocycles. The summed E-state index contributed by atoms with van der Waals surface area (Å²) in [5.74, 6) is -3.27. The number of hydrogen-bond acceptors (Lipinski definition) is 8. The van der Waals surface area contributed by atoms with Crippen LogP contribution in [0.3, 0.4) is 0 Å². The van der Waals surface area contributed by atoms with Gasteiger partial charge in [-0.15, -0.1) is 0 Å². The normalized spacial score (nSPS) is 14.3. The maximum absolute atomic E-state index is 13.6. The first kappa shape index (κ1) is 26.0. The predicted molar refractivity (Wildman–Crippen MR) is 122 cm³/mol.